The minimum absolute atomic E-state index is 0.281. The maximum Gasteiger partial charge on any atom is 0.329 e. The van der Waals surface area contributed by atoms with Crippen LogP contribution in [0, 0.1) is 18.3 Å². The fourth-order valence-electron chi connectivity index (χ4n) is 2.70. The van der Waals surface area contributed by atoms with Crippen molar-refractivity contribution in [1.82, 2.24) is 5.43 Å². The molecule has 0 aliphatic heterocycles. The van der Waals surface area contributed by atoms with E-state index in [2.05, 4.69) is 15.8 Å². The van der Waals surface area contributed by atoms with E-state index in [-0.39, 0.29) is 6.42 Å². The average Bonchev–Trinajstić information content (AvgIpc) is 2.81. The van der Waals surface area contributed by atoms with Crippen molar-refractivity contribution in [2.24, 2.45) is 5.10 Å². The molecule has 7 nitrogen and oxygen atoms in total. The number of aryl methyl sites for hydroxylation is 1. The maximum atomic E-state index is 12.0. The molecule has 2 amide bonds. The Balaban J connectivity index is 1.45. The number of amides is 2. The average molecular weight is 426 g/mol. The second-order valence-corrected chi connectivity index (χ2v) is 7.03. The van der Waals surface area contributed by atoms with Crippen molar-refractivity contribution >= 4 is 23.7 Å². The van der Waals surface area contributed by atoms with Gasteiger partial charge in [0.1, 0.15) is 12.4 Å². The van der Waals surface area contributed by atoms with Crippen LogP contribution in [0.15, 0.2) is 77.9 Å². The minimum atomic E-state index is -0.889. The number of hydrazone groups is 1. The van der Waals surface area contributed by atoms with Gasteiger partial charge in [-0.15, -0.1) is 0 Å². The molecule has 3 rings (SSSR count). The van der Waals surface area contributed by atoms with E-state index in [1.165, 1.54) is 11.8 Å². The molecule has 0 heterocycles. The molecule has 3 aromatic carbocycles. The van der Waals surface area contributed by atoms with Crippen molar-refractivity contribution in [1.29, 1.82) is 5.26 Å². The fraction of sp³-hybridized carbons (Fsp3) is 0.120. The Kier molecular flexibility index (Phi) is 7.71. The van der Waals surface area contributed by atoms with E-state index in [1.807, 2.05) is 37.3 Å². The molecule has 7 heteroatoms. The van der Waals surface area contributed by atoms with Gasteiger partial charge in [0.05, 0.1) is 18.7 Å². The van der Waals surface area contributed by atoms with Gasteiger partial charge in [-0.2, -0.15) is 10.4 Å². The Labute approximate surface area is 186 Å². The van der Waals surface area contributed by atoms with Gasteiger partial charge in [0.25, 0.3) is 0 Å². The number of rotatable bonds is 7. The van der Waals surface area contributed by atoms with Crippen LogP contribution in [-0.2, 0) is 22.6 Å². The lowest BCUT2D eigenvalue weighted by atomic mass is 10.1. The molecule has 0 fully saturated rings. The zero-order chi connectivity index (χ0) is 22.8. The number of nitriles is 1. The zero-order valence-corrected chi connectivity index (χ0v) is 17.5. The number of hydrogen-bond donors (Lipinski definition) is 2. The summed E-state index contributed by atoms with van der Waals surface area (Å²) in [5.74, 6) is -1.01. The highest BCUT2D eigenvalue weighted by molar-refractivity contribution is 6.39. The zero-order valence-electron chi connectivity index (χ0n) is 17.5. The topological polar surface area (TPSA) is 104 Å². The van der Waals surface area contributed by atoms with Crippen molar-refractivity contribution in [2.45, 2.75) is 20.0 Å². The summed E-state index contributed by atoms with van der Waals surface area (Å²) in [6.07, 6.45) is 1.72. The molecular formula is C25H22N4O3. The number of carbonyl (C=O) groups is 2. The molecule has 0 spiro atoms. The van der Waals surface area contributed by atoms with Gasteiger partial charge < -0.3 is 10.1 Å². The van der Waals surface area contributed by atoms with Gasteiger partial charge in [0.15, 0.2) is 0 Å². The molecule has 0 saturated heterocycles. The van der Waals surface area contributed by atoms with Crippen LogP contribution in [0.25, 0.3) is 0 Å². The van der Waals surface area contributed by atoms with E-state index in [0.29, 0.717) is 18.0 Å². The summed E-state index contributed by atoms with van der Waals surface area (Å²) >= 11 is 0. The van der Waals surface area contributed by atoms with E-state index in [9.17, 15) is 9.59 Å². The van der Waals surface area contributed by atoms with Crippen molar-refractivity contribution < 1.29 is 14.3 Å². The second-order valence-electron chi connectivity index (χ2n) is 7.03. The van der Waals surface area contributed by atoms with Crippen LogP contribution in [0.5, 0.6) is 5.75 Å². The summed E-state index contributed by atoms with van der Waals surface area (Å²) in [5.41, 5.74) is 6.50. The first-order chi connectivity index (χ1) is 15.5. The number of carbonyl (C=O) groups excluding carboxylic acids is 2. The normalized spacial score (nSPS) is 10.4. The molecule has 0 saturated carbocycles. The van der Waals surface area contributed by atoms with Crippen LogP contribution in [-0.4, -0.2) is 18.0 Å². The predicted octanol–water partition coefficient (Wildman–Crippen LogP) is 3.73. The van der Waals surface area contributed by atoms with Gasteiger partial charge in [0.2, 0.25) is 0 Å². The summed E-state index contributed by atoms with van der Waals surface area (Å²) in [7, 11) is 0. The van der Waals surface area contributed by atoms with Crippen LogP contribution in [0.2, 0.25) is 0 Å². The fourth-order valence-corrected chi connectivity index (χ4v) is 2.70. The summed E-state index contributed by atoms with van der Waals surface area (Å²) in [6, 6.07) is 24.1. The van der Waals surface area contributed by atoms with Gasteiger partial charge in [-0.05, 0) is 60.0 Å². The third kappa shape index (κ3) is 6.82. The van der Waals surface area contributed by atoms with Gasteiger partial charge >= 0.3 is 11.8 Å². The number of nitrogens with zero attached hydrogens (tertiary/aromatic N) is 2. The first-order valence-electron chi connectivity index (χ1n) is 9.92. The first-order valence-corrected chi connectivity index (χ1v) is 9.92. The van der Waals surface area contributed by atoms with Gasteiger partial charge in [-0.25, -0.2) is 5.43 Å². The Bertz CT molecular complexity index is 1130. The van der Waals surface area contributed by atoms with Crippen LogP contribution in [0.1, 0.15) is 22.3 Å². The van der Waals surface area contributed by atoms with E-state index in [0.717, 1.165) is 16.7 Å². The molecule has 2 N–H and O–H groups in total. The molecule has 0 bridgehead atoms. The van der Waals surface area contributed by atoms with Gasteiger partial charge in [-0.3, -0.25) is 9.59 Å². The second kappa shape index (κ2) is 11.1. The molecule has 160 valence electrons. The quantitative estimate of drug-likeness (QED) is 0.341. The Morgan fingerprint density at radius 2 is 1.59 bits per heavy atom. The molecular weight excluding hydrogens is 404 g/mol. The van der Waals surface area contributed by atoms with Crippen molar-refractivity contribution in [3.8, 4) is 11.8 Å². The molecule has 32 heavy (non-hydrogen) atoms. The largest absolute Gasteiger partial charge is 0.489 e. The lowest BCUT2D eigenvalue weighted by Crippen LogP contribution is -2.32. The third-order valence-electron chi connectivity index (χ3n) is 4.49. The highest BCUT2D eigenvalue weighted by atomic mass is 16.5. The standard InChI is InChI=1S/C25H22N4O3/c1-18-2-4-21(5-3-18)17-32-23-12-8-20(9-13-23)16-27-29-25(31)24(30)28-22-10-6-19(7-11-22)14-15-26/h2-13,16H,14,17H2,1H3,(H,28,30)(H,29,31)/b27-16+. The van der Waals surface area contributed by atoms with Crippen molar-refractivity contribution in [2.75, 3.05) is 5.32 Å². The lowest BCUT2D eigenvalue weighted by molar-refractivity contribution is -0.136. The van der Waals surface area contributed by atoms with E-state index in [4.69, 9.17) is 10.00 Å². The van der Waals surface area contributed by atoms with Crippen LogP contribution in [0.4, 0.5) is 5.69 Å². The van der Waals surface area contributed by atoms with E-state index < -0.39 is 11.8 Å². The molecule has 0 radical (unpaired) electrons. The SMILES string of the molecule is Cc1ccc(COc2ccc(/C=N/NC(=O)C(=O)Nc3ccc(CC#N)cc3)cc2)cc1. The number of benzene rings is 3. The number of nitrogens with one attached hydrogen (secondary N) is 2. The smallest absolute Gasteiger partial charge is 0.329 e. The summed E-state index contributed by atoms with van der Waals surface area (Å²) in [4.78, 5) is 23.9. The van der Waals surface area contributed by atoms with Crippen molar-refractivity contribution in [3.63, 3.8) is 0 Å². The molecule has 0 aliphatic rings. The Morgan fingerprint density at radius 3 is 2.25 bits per heavy atom. The first kappa shape index (κ1) is 22.2. The van der Waals surface area contributed by atoms with Crippen LogP contribution < -0.4 is 15.5 Å². The number of anilines is 1. The number of ether oxygens (including phenoxy) is 1. The lowest BCUT2D eigenvalue weighted by Gasteiger charge is -2.07. The van der Waals surface area contributed by atoms with E-state index >= 15 is 0 Å². The van der Waals surface area contributed by atoms with Gasteiger partial charge in [0, 0.05) is 5.69 Å². The summed E-state index contributed by atoms with van der Waals surface area (Å²) < 4.78 is 5.76. The summed E-state index contributed by atoms with van der Waals surface area (Å²) in [5, 5.41) is 15.0. The molecule has 0 aliphatic carbocycles. The molecule has 0 aromatic heterocycles. The highest BCUT2D eigenvalue weighted by Crippen LogP contribution is 2.14. The van der Waals surface area contributed by atoms with Gasteiger partial charge in [-0.1, -0.05) is 42.0 Å². The van der Waals surface area contributed by atoms with Crippen molar-refractivity contribution in [3.05, 3.63) is 95.1 Å². The van der Waals surface area contributed by atoms with Crippen LogP contribution >= 0.6 is 0 Å². The molecule has 0 unspecified atom stereocenters. The summed E-state index contributed by atoms with van der Waals surface area (Å²) in [6.45, 7) is 2.51. The van der Waals surface area contributed by atoms with E-state index in [1.54, 1.807) is 48.5 Å². The van der Waals surface area contributed by atoms with Crippen LogP contribution in [0.3, 0.4) is 0 Å². The third-order valence-corrected chi connectivity index (χ3v) is 4.49. The molecule has 3 aromatic rings. The monoisotopic (exact) mass is 426 g/mol. The maximum absolute atomic E-state index is 12.0. The minimum Gasteiger partial charge on any atom is -0.489 e. The molecule has 0 atom stereocenters. The highest BCUT2D eigenvalue weighted by Gasteiger charge is 2.12. The number of hydrogen-bond acceptors (Lipinski definition) is 5. The Morgan fingerprint density at radius 1 is 0.938 bits per heavy atom. The predicted molar refractivity (Wildman–Crippen MR) is 122 cm³/mol. The Hall–Kier alpha value is -4.44.